The molecule has 0 radical (unpaired) electrons. The van der Waals surface area contributed by atoms with Gasteiger partial charge in [-0.3, -0.25) is 4.79 Å². The predicted molar refractivity (Wildman–Crippen MR) is 59.7 cm³/mol. The van der Waals surface area contributed by atoms with Gasteiger partial charge in [0.05, 0.1) is 6.61 Å². The fourth-order valence-electron chi connectivity index (χ4n) is 1.05. The number of aryl methyl sites for hydroxylation is 1. The fourth-order valence-corrected chi connectivity index (χ4v) is 1.86. The summed E-state index contributed by atoms with van der Waals surface area (Å²) in [6, 6.07) is 5.14. The van der Waals surface area contributed by atoms with E-state index in [0.29, 0.717) is 6.54 Å². The van der Waals surface area contributed by atoms with E-state index in [9.17, 15) is 4.79 Å². The van der Waals surface area contributed by atoms with E-state index in [-0.39, 0.29) is 17.4 Å². The number of hydrogen-bond donors (Lipinski definition) is 1. The van der Waals surface area contributed by atoms with Gasteiger partial charge in [-0.2, -0.15) is 11.8 Å². The zero-order valence-electron chi connectivity index (χ0n) is 8.22. The lowest BCUT2D eigenvalue weighted by molar-refractivity contribution is 0.300. The van der Waals surface area contributed by atoms with Gasteiger partial charge < -0.3 is 9.67 Å². The molecule has 0 amide bonds. The molecule has 1 N–H and O–H groups in total. The number of aliphatic hydroxyl groups is 1. The number of aromatic nitrogens is 1. The molecule has 1 atom stereocenters. The Morgan fingerprint density at radius 2 is 2.36 bits per heavy atom. The first kappa shape index (κ1) is 11.3. The Morgan fingerprint density at radius 1 is 1.57 bits per heavy atom. The minimum Gasteiger partial charge on any atom is -0.395 e. The van der Waals surface area contributed by atoms with Crippen molar-refractivity contribution >= 4 is 11.8 Å². The van der Waals surface area contributed by atoms with Crippen LogP contribution in [0.1, 0.15) is 6.92 Å². The van der Waals surface area contributed by atoms with Gasteiger partial charge in [-0.1, -0.05) is 13.0 Å². The van der Waals surface area contributed by atoms with Crippen LogP contribution in [0.4, 0.5) is 0 Å². The minimum absolute atomic E-state index is 0.0322. The molecule has 78 valence electrons. The molecule has 0 saturated heterocycles. The Hall–Kier alpha value is -0.740. The van der Waals surface area contributed by atoms with Crippen LogP contribution in [0, 0.1) is 0 Å². The normalized spacial score (nSPS) is 12.7. The molecule has 0 saturated carbocycles. The molecule has 14 heavy (non-hydrogen) atoms. The second-order valence-electron chi connectivity index (χ2n) is 3.10. The summed E-state index contributed by atoms with van der Waals surface area (Å²) in [7, 11) is 0. The maximum absolute atomic E-state index is 11.3. The minimum atomic E-state index is 0.0322. The second-order valence-corrected chi connectivity index (χ2v) is 4.64. The number of rotatable bonds is 5. The first-order valence-electron chi connectivity index (χ1n) is 4.62. The molecule has 0 fully saturated rings. The van der Waals surface area contributed by atoms with E-state index >= 15 is 0 Å². The van der Waals surface area contributed by atoms with Crippen molar-refractivity contribution in [2.24, 2.45) is 0 Å². The van der Waals surface area contributed by atoms with Crippen LogP contribution in [0.2, 0.25) is 0 Å². The van der Waals surface area contributed by atoms with E-state index in [0.717, 1.165) is 5.75 Å². The van der Waals surface area contributed by atoms with Gasteiger partial charge in [-0.05, 0) is 6.07 Å². The van der Waals surface area contributed by atoms with E-state index in [4.69, 9.17) is 5.11 Å². The molecule has 1 aromatic heterocycles. The molecule has 1 unspecified atom stereocenters. The highest BCUT2D eigenvalue weighted by molar-refractivity contribution is 7.99. The lowest BCUT2D eigenvalue weighted by atomic mass is 10.5. The maximum Gasteiger partial charge on any atom is 0.250 e. The molecule has 0 spiro atoms. The number of pyridine rings is 1. The molecule has 0 bridgehead atoms. The van der Waals surface area contributed by atoms with Gasteiger partial charge in [0.25, 0.3) is 5.56 Å². The summed E-state index contributed by atoms with van der Waals surface area (Å²) in [5, 5.41) is 9.04. The Labute approximate surface area is 87.8 Å². The Kier molecular flexibility index (Phi) is 4.76. The van der Waals surface area contributed by atoms with Gasteiger partial charge >= 0.3 is 0 Å². The SMILES string of the molecule is CC(CO)SCCn1ccccc1=O. The van der Waals surface area contributed by atoms with Crippen molar-refractivity contribution in [1.29, 1.82) is 0 Å². The van der Waals surface area contributed by atoms with Crippen LogP contribution >= 0.6 is 11.8 Å². The lowest BCUT2D eigenvalue weighted by Crippen LogP contribution is -2.19. The number of nitrogens with zero attached hydrogens (tertiary/aromatic N) is 1. The second kappa shape index (κ2) is 5.88. The van der Waals surface area contributed by atoms with Crippen molar-refractivity contribution in [3.05, 3.63) is 34.7 Å². The lowest BCUT2D eigenvalue weighted by Gasteiger charge is -2.08. The van der Waals surface area contributed by atoms with Crippen LogP contribution in [0.3, 0.4) is 0 Å². The average Bonchev–Trinajstić information content (AvgIpc) is 2.20. The van der Waals surface area contributed by atoms with Crippen LogP contribution in [0.5, 0.6) is 0 Å². The van der Waals surface area contributed by atoms with Gasteiger partial charge in [0.15, 0.2) is 0 Å². The van der Waals surface area contributed by atoms with E-state index in [1.807, 2.05) is 13.0 Å². The molecule has 0 aliphatic carbocycles. The summed E-state index contributed by atoms with van der Waals surface area (Å²) in [4.78, 5) is 11.3. The van der Waals surface area contributed by atoms with Crippen molar-refractivity contribution in [3.8, 4) is 0 Å². The third-order valence-corrected chi connectivity index (χ3v) is 3.03. The Bertz CT molecular complexity index is 324. The first-order valence-corrected chi connectivity index (χ1v) is 5.67. The molecule has 0 aliphatic heterocycles. The molecule has 1 aromatic rings. The van der Waals surface area contributed by atoms with Crippen molar-refractivity contribution in [1.82, 2.24) is 4.57 Å². The average molecular weight is 213 g/mol. The van der Waals surface area contributed by atoms with Gasteiger partial charge in [0.2, 0.25) is 0 Å². The standard InChI is InChI=1S/C10H15NO2S/c1-9(8-12)14-7-6-11-5-3-2-4-10(11)13/h2-5,9,12H,6-8H2,1H3. The summed E-state index contributed by atoms with van der Waals surface area (Å²) in [6.45, 7) is 2.86. The van der Waals surface area contributed by atoms with E-state index in [1.165, 1.54) is 0 Å². The molecule has 0 aromatic carbocycles. The smallest absolute Gasteiger partial charge is 0.250 e. The van der Waals surface area contributed by atoms with E-state index in [2.05, 4.69) is 0 Å². The summed E-state index contributed by atoms with van der Waals surface area (Å²) >= 11 is 1.67. The monoisotopic (exact) mass is 213 g/mol. The zero-order chi connectivity index (χ0) is 10.4. The van der Waals surface area contributed by atoms with Crippen LogP contribution in [-0.4, -0.2) is 27.3 Å². The van der Waals surface area contributed by atoms with E-state index < -0.39 is 0 Å². The summed E-state index contributed by atoms with van der Waals surface area (Å²) in [5.74, 6) is 0.853. The molecule has 4 heteroatoms. The molecule has 1 rings (SSSR count). The highest BCUT2D eigenvalue weighted by Crippen LogP contribution is 2.08. The number of thioether (sulfide) groups is 1. The molecule has 0 aliphatic rings. The van der Waals surface area contributed by atoms with Gasteiger partial charge in [0.1, 0.15) is 0 Å². The maximum atomic E-state index is 11.3. The molecule has 3 nitrogen and oxygen atoms in total. The zero-order valence-corrected chi connectivity index (χ0v) is 9.04. The Balaban J connectivity index is 2.39. The molecule has 1 heterocycles. The third kappa shape index (κ3) is 3.55. The van der Waals surface area contributed by atoms with E-state index in [1.54, 1.807) is 34.7 Å². The summed E-state index contributed by atoms with van der Waals surface area (Å²) in [6.07, 6.45) is 1.78. The Morgan fingerprint density at radius 3 is 3.00 bits per heavy atom. The number of hydrogen-bond acceptors (Lipinski definition) is 3. The molecular weight excluding hydrogens is 198 g/mol. The topological polar surface area (TPSA) is 42.2 Å². The fraction of sp³-hybridized carbons (Fsp3) is 0.500. The van der Waals surface area contributed by atoms with Gasteiger partial charge in [0, 0.05) is 29.8 Å². The third-order valence-electron chi connectivity index (χ3n) is 1.89. The van der Waals surface area contributed by atoms with Crippen LogP contribution in [-0.2, 0) is 6.54 Å². The summed E-state index contributed by atoms with van der Waals surface area (Å²) in [5.41, 5.74) is 0.0322. The first-order chi connectivity index (χ1) is 6.74. The highest BCUT2D eigenvalue weighted by atomic mass is 32.2. The quantitative estimate of drug-likeness (QED) is 0.792. The van der Waals surface area contributed by atoms with Crippen molar-refractivity contribution in [2.75, 3.05) is 12.4 Å². The predicted octanol–water partition coefficient (Wildman–Crippen LogP) is 0.962. The van der Waals surface area contributed by atoms with Gasteiger partial charge in [-0.15, -0.1) is 0 Å². The van der Waals surface area contributed by atoms with Crippen LogP contribution in [0.15, 0.2) is 29.2 Å². The largest absolute Gasteiger partial charge is 0.395 e. The van der Waals surface area contributed by atoms with Gasteiger partial charge in [-0.25, -0.2) is 0 Å². The number of aliphatic hydroxyl groups excluding tert-OH is 1. The summed E-state index contributed by atoms with van der Waals surface area (Å²) < 4.78 is 1.68. The van der Waals surface area contributed by atoms with Crippen LogP contribution < -0.4 is 5.56 Å². The van der Waals surface area contributed by atoms with Crippen molar-refractivity contribution in [3.63, 3.8) is 0 Å². The highest BCUT2D eigenvalue weighted by Gasteiger charge is 2.00. The van der Waals surface area contributed by atoms with Crippen molar-refractivity contribution in [2.45, 2.75) is 18.7 Å². The van der Waals surface area contributed by atoms with Crippen LogP contribution in [0.25, 0.3) is 0 Å². The molecular formula is C10H15NO2S. The van der Waals surface area contributed by atoms with Crippen molar-refractivity contribution < 1.29 is 5.11 Å².